The lowest BCUT2D eigenvalue weighted by molar-refractivity contribution is -0.135. The van der Waals surface area contributed by atoms with Gasteiger partial charge < -0.3 is 16.0 Å². The zero-order valence-electron chi connectivity index (χ0n) is 13.9. The number of nitrogens with one attached hydrogen (secondary N) is 1. The zero-order valence-corrected chi connectivity index (χ0v) is 13.9. The van der Waals surface area contributed by atoms with Gasteiger partial charge in [0.2, 0.25) is 11.8 Å². The normalized spacial score (nSPS) is 15.5. The van der Waals surface area contributed by atoms with E-state index in [-0.39, 0.29) is 17.7 Å². The summed E-state index contributed by atoms with van der Waals surface area (Å²) in [5, 5.41) is 3.01. The zero-order chi connectivity index (χ0) is 16.7. The third-order valence-electron chi connectivity index (χ3n) is 4.40. The summed E-state index contributed by atoms with van der Waals surface area (Å²) in [5.74, 6) is 0.271. The summed E-state index contributed by atoms with van der Waals surface area (Å²) in [4.78, 5) is 26.1. The van der Waals surface area contributed by atoms with Crippen LogP contribution in [0.5, 0.6) is 0 Å². The number of aryl methyl sites for hydroxylation is 1. The predicted molar refractivity (Wildman–Crippen MR) is 90.6 cm³/mol. The summed E-state index contributed by atoms with van der Waals surface area (Å²) in [7, 11) is 0. The van der Waals surface area contributed by atoms with Crippen LogP contribution in [0.2, 0.25) is 0 Å². The minimum atomic E-state index is 0.0130. The lowest BCUT2D eigenvalue weighted by atomic mass is 9.95. The van der Waals surface area contributed by atoms with E-state index >= 15 is 0 Å². The molecule has 1 heterocycles. The number of rotatable bonds is 6. The van der Waals surface area contributed by atoms with E-state index in [0.29, 0.717) is 32.6 Å². The Labute approximate surface area is 138 Å². The Bertz CT molecular complexity index is 520. The first-order chi connectivity index (χ1) is 11.1. The van der Waals surface area contributed by atoms with Crippen molar-refractivity contribution < 1.29 is 9.59 Å². The molecule has 2 amide bonds. The van der Waals surface area contributed by atoms with Gasteiger partial charge in [0, 0.05) is 32.0 Å². The number of hydrogen-bond acceptors (Lipinski definition) is 3. The van der Waals surface area contributed by atoms with Crippen molar-refractivity contribution in [2.45, 2.75) is 39.2 Å². The van der Waals surface area contributed by atoms with Gasteiger partial charge in [-0.15, -0.1) is 0 Å². The minimum absolute atomic E-state index is 0.0130. The van der Waals surface area contributed by atoms with Gasteiger partial charge in [-0.3, -0.25) is 9.59 Å². The monoisotopic (exact) mass is 317 g/mol. The molecule has 0 bridgehead atoms. The molecule has 1 aromatic rings. The van der Waals surface area contributed by atoms with Gasteiger partial charge in [0.05, 0.1) is 0 Å². The van der Waals surface area contributed by atoms with E-state index in [2.05, 4.69) is 5.32 Å². The van der Waals surface area contributed by atoms with E-state index in [9.17, 15) is 9.59 Å². The molecular weight excluding hydrogens is 290 g/mol. The van der Waals surface area contributed by atoms with Crippen molar-refractivity contribution in [3.05, 3.63) is 35.4 Å². The molecule has 23 heavy (non-hydrogen) atoms. The predicted octanol–water partition coefficient (Wildman–Crippen LogP) is 1.59. The molecule has 0 aliphatic carbocycles. The SMILES string of the molecule is Cc1ccc(CNC(=O)C2CCN(C(=O)CCCN)CC2)cc1. The summed E-state index contributed by atoms with van der Waals surface area (Å²) in [6.07, 6.45) is 2.73. The quantitative estimate of drug-likeness (QED) is 0.836. The van der Waals surface area contributed by atoms with Crippen LogP contribution in [0.15, 0.2) is 24.3 Å². The number of hydrogen-bond donors (Lipinski definition) is 2. The van der Waals surface area contributed by atoms with Crippen LogP contribution < -0.4 is 11.1 Å². The molecule has 0 radical (unpaired) electrons. The maximum absolute atomic E-state index is 12.3. The Morgan fingerprint density at radius 3 is 2.48 bits per heavy atom. The van der Waals surface area contributed by atoms with Gasteiger partial charge in [-0.25, -0.2) is 0 Å². The highest BCUT2D eigenvalue weighted by molar-refractivity contribution is 5.80. The van der Waals surface area contributed by atoms with Crippen LogP contribution >= 0.6 is 0 Å². The van der Waals surface area contributed by atoms with E-state index in [1.807, 2.05) is 36.1 Å². The molecule has 1 fully saturated rings. The highest BCUT2D eigenvalue weighted by atomic mass is 16.2. The highest BCUT2D eigenvalue weighted by Crippen LogP contribution is 2.18. The molecule has 1 saturated heterocycles. The van der Waals surface area contributed by atoms with Gasteiger partial charge in [0.25, 0.3) is 0 Å². The fourth-order valence-electron chi connectivity index (χ4n) is 2.84. The molecule has 0 spiro atoms. The van der Waals surface area contributed by atoms with Crippen molar-refractivity contribution in [1.82, 2.24) is 10.2 Å². The van der Waals surface area contributed by atoms with E-state index < -0.39 is 0 Å². The van der Waals surface area contributed by atoms with E-state index in [1.54, 1.807) is 0 Å². The molecule has 0 atom stereocenters. The molecule has 0 unspecified atom stereocenters. The summed E-state index contributed by atoms with van der Waals surface area (Å²) >= 11 is 0. The van der Waals surface area contributed by atoms with Crippen molar-refractivity contribution in [2.24, 2.45) is 11.7 Å². The van der Waals surface area contributed by atoms with Crippen LogP contribution in [0.25, 0.3) is 0 Å². The van der Waals surface area contributed by atoms with Crippen LogP contribution in [-0.2, 0) is 16.1 Å². The number of carbonyl (C=O) groups excluding carboxylic acids is 2. The maximum Gasteiger partial charge on any atom is 0.223 e. The van der Waals surface area contributed by atoms with Crippen LogP contribution in [-0.4, -0.2) is 36.3 Å². The Morgan fingerprint density at radius 1 is 1.22 bits per heavy atom. The lowest BCUT2D eigenvalue weighted by Crippen LogP contribution is -2.43. The first-order valence-corrected chi connectivity index (χ1v) is 8.41. The Morgan fingerprint density at radius 2 is 1.87 bits per heavy atom. The Balaban J connectivity index is 1.73. The number of benzene rings is 1. The Kier molecular flexibility index (Phi) is 6.59. The second-order valence-corrected chi connectivity index (χ2v) is 6.25. The standard InChI is InChI=1S/C18H27N3O2/c1-14-4-6-15(7-5-14)13-20-18(23)16-8-11-21(12-9-16)17(22)3-2-10-19/h4-7,16H,2-3,8-13,19H2,1H3,(H,20,23). The fraction of sp³-hybridized carbons (Fsp3) is 0.556. The number of nitrogens with zero attached hydrogens (tertiary/aromatic N) is 1. The molecule has 5 nitrogen and oxygen atoms in total. The van der Waals surface area contributed by atoms with E-state index in [4.69, 9.17) is 5.73 Å². The second-order valence-electron chi connectivity index (χ2n) is 6.25. The number of amides is 2. The first-order valence-electron chi connectivity index (χ1n) is 8.41. The number of likely N-dealkylation sites (tertiary alicyclic amines) is 1. The average Bonchev–Trinajstić information content (AvgIpc) is 2.59. The van der Waals surface area contributed by atoms with Gasteiger partial charge in [0.1, 0.15) is 0 Å². The highest BCUT2D eigenvalue weighted by Gasteiger charge is 2.26. The smallest absolute Gasteiger partial charge is 0.223 e. The van der Waals surface area contributed by atoms with Crippen molar-refractivity contribution in [2.75, 3.05) is 19.6 Å². The van der Waals surface area contributed by atoms with Gasteiger partial charge in [-0.05, 0) is 38.3 Å². The number of nitrogens with two attached hydrogens (primary N) is 1. The summed E-state index contributed by atoms with van der Waals surface area (Å²) in [6.45, 7) is 4.50. The van der Waals surface area contributed by atoms with E-state index in [1.165, 1.54) is 5.56 Å². The van der Waals surface area contributed by atoms with Gasteiger partial charge in [-0.1, -0.05) is 29.8 Å². The van der Waals surface area contributed by atoms with Gasteiger partial charge in [0.15, 0.2) is 0 Å². The van der Waals surface area contributed by atoms with Crippen molar-refractivity contribution in [3.8, 4) is 0 Å². The molecule has 5 heteroatoms. The summed E-state index contributed by atoms with van der Waals surface area (Å²) in [6, 6.07) is 8.17. The van der Waals surface area contributed by atoms with Crippen molar-refractivity contribution in [3.63, 3.8) is 0 Å². The molecule has 3 N–H and O–H groups in total. The second kappa shape index (κ2) is 8.67. The Hall–Kier alpha value is -1.88. The fourth-order valence-corrected chi connectivity index (χ4v) is 2.84. The van der Waals surface area contributed by atoms with E-state index in [0.717, 1.165) is 24.8 Å². The summed E-state index contributed by atoms with van der Waals surface area (Å²) in [5.41, 5.74) is 7.76. The van der Waals surface area contributed by atoms with Crippen LogP contribution in [0.3, 0.4) is 0 Å². The van der Waals surface area contributed by atoms with Gasteiger partial charge >= 0.3 is 0 Å². The molecular formula is C18H27N3O2. The molecule has 1 aliphatic heterocycles. The van der Waals surface area contributed by atoms with Crippen molar-refractivity contribution in [1.29, 1.82) is 0 Å². The third kappa shape index (κ3) is 5.36. The summed E-state index contributed by atoms with van der Waals surface area (Å²) < 4.78 is 0. The average molecular weight is 317 g/mol. The molecule has 2 rings (SSSR count). The maximum atomic E-state index is 12.3. The first kappa shape index (κ1) is 17.5. The topological polar surface area (TPSA) is 75.4 Å². The van der Waals surface area contributed by atoms with Crippen LogP contribution in [0.4, 0.5) is 0 Å². The third-order valence-corrected chi connectivity index (χ3v) is 4.40. The van der Waals surface area contributed by atoms with Crippen molar-refractivity contribution >= 4 is 11.8 Å². The lowest BCUT2D eigenvalue weighted by Gasteiger charge is -2.31. The number of piperidine rings is 1. The van der Waals surface area contributed by atoms with Crippen LogP contribution in [0, 0.1) is 12.8 Å². The van der Waals surface area contributed by atoms with Crippen LogP contribution in [0.1, 0.15) is 36.8 Å². The largest absolute Gasteiger partial charge is 0.352 e. The molecule has 1 aromatic carbocycles. The molecule has 0 aromatic heterocycles. The molecule has 1 aliphatic rings. The minimum Gasteiger partial charge on any atom is -0.352 e. The van der Waals surface area contributed by atoms with Gasteiger partial charge in [-0.2, -0.15) is 0 Å². The number of carbonyl (C=O) groups is 2. The molecule has 126 valence electrons. The molecule has 0 saturated carbocycles.